The summed E-state index contributed by atoms with van der Waals surface area (Å²) in [4.78, 5) is 30.0. The van der Waals surface area contributed by atoms with Gasteiger partial charge in [0.15, 0.2) is 5.11 Å². The van der Waals surface area contributed by atoms with Crippen molar-refractivity contribution in [2.75, 3.05) is 11.4 Å². The van der Waals surface area contributed by atoms with Crippen LogP contribution in [0.4, 0.5) is 5.69 Å². The molecule has 2 saturated heterocycles. The monoisotopic (exact) mass is 486 g/mol. The SMILES string of the molecule is CCc1cccc2c(/C=C3\NC(=S)N(c4ccccc4)C3=O)cn(CC(=O)N3CCCC[C@@H]3C)c12. The average molecular weight is 487 g/mol. The molecule has 2 aliphatic heterocycles. The van der Waals surface area contributed by atoms with Crippen molar-refractivity contribution in [1.29, 1.82) is 0 Å². The average Bonchev–Trinajstić information content (AvgIpc) is 3.35. The van der Waals surface area contributed by atoms with E-state index in [1.165, 1.54) is 16.9 Å². The molecule has 0 aliphatic carbocycles. The van der Waals surface area contributed by atoms with Crippen LogP contribution in [0.1, 0.15) is 44.2 Å². The number of fused-ring (bicyclic) bond motifs is 1. The van der Waals surface area contributed by atoms with Crippen molar-refractivity contribution in [1.82, 2.24) is 14.8 Å². The Kier molecular flexibility index (Phi) is 6.43. The van der Waals surface area contributed by atoms with Gasteiger partial charge in [-0.15, -0.1) is 0 Å². The summed E-state index contributed by atoms with van der Waals surface area (Å²) >= 11 is 5.47. The van der Waals surface area contributed by atoms with E-state index in [4.69, 9.17) is 12.2 Å². The van der Waals surface area contributed by atoms with Gasteiger partial charge in [-0.2, -0.15) is 0 Å². The minimum atomic E-state index is -0.188. The van der Waals surface area contributed by atoms with Crippen molar-refractivity contribution in [2.45, 2.75) is 52.1 Å². The van der Waals surface area contributed by atoms with Crippen molar-refractivity contribution in [3.8, 4) is 0 Å². The maximum atomic E-state index is 13.3. The molecular weight excluding hydrogens is 456 g/mol. The second-order valence-corrected chi connectivity index (χ2v) is 9.66. The lowest BCUT2D eigenvalue weighted by atomic mass is 10.0. The molecule has 2 aliphatic rings. The number of hydrogen-bond acceptors (Lipinski definition) is 3. The fourth-order valence-corrected chi connectivity index (χ4v) is 5.50. The number of benzene rings is 2. The zero-order valence-electron chi connectivity index (χ0n) is 20.2. The normalized spacial score (nSPS) is 19.6. The number of piperidine rings is 1. The Morgan fingerprint density at radius 1 is 1.14 bits per heavy atom. The van der Waals surface area contributed by atoms with Gasteiger partial charge in [0.25, 0.3) is 5.91 Å². The second-order valence-electron chi connectivity index (χ2n) is 9.28. The molecule has 3 aromatic rings. The van der Waals surface area contributed by atoms with Gasteiger partial charge in [-0.3, -0.25) is 14.5 Å². The fraction of sp³-hybridized carbons (Fsp3) is 0.321. The van der Waals surface area contributed by atoms with Crippen molar-refractivity contribution in [3.05, 3.63) is 71.6 Å². The summed E-state index contributed by atoms with van der Waals surface area (Å²) < 4.78 is 2.05. The molecule has 0 radical (unpaired) electrons. The third-order valence-corrected chi connectivity index (χ3v) is 7.30. The summed E-state index contributed by atoms with van der Waals surface area (Å²) in [5.74, 6) is -0.0438. The Labute approximate surface area is 211 Å². The van der Waals surface area contributed by atoms with Crippen LogP contribution >= 0.6 is 12.2 Å². The predicted octanol–water partition coefficient (Wildman–Crippen LogP) is 4.87. The number of aryl methyl sites for hydroxylation is 1. The zero-order valence-corrected chi connectivity index (χ0v) is 21.0. The van der Waals surface area contributed by atoms with E-state index in [2.05, 4.69) is 35.9 Å². The smallest absolute Gasteiger partial charge is 0.281 e. The third kappa shape index (κ3) is 4.36. The van der Waals surface area contributed by atoms with Crippen LogP contribution in [0.2, 0.25) is 0 Å². The molecule has 180 valence electrons. The molecule has 2 fully saturated rings. The van der Waals surface area contributed by atoms with E-state index in [9.17, 15) is 9.59 Å². The fourth-order valence-electron chi connectivity index (χ4n) is 5.20. The molecule has 7 heteroatoms. The molecule has 0 saturated carbocycles. The summed E-state index contributed by atoms with van der Waals surface area (Å²) in [5.41, 5.74) is 4.28. The van der Waals surface area contributed by atoms with E-state index in [1.807, 2.05) is 53.6 Å². The van der Waals surface area contributed by atoms with Gasteiger partial charge < -0.3 is 14.8 Å². The van der Waals surface area contributed by atoms with E-state index in [0.29, 0.717) is 10.8 Å². The van der Waals surface area contributed by atoms with E-state index >= 15 is 0 Å². The number of nitrogens with one attached hydrogen (secondary N) is 1. The van der Waals surface area contributed by atoms with Gasteiger partial charge in [-0.05, 0) is 68.6 Å². The molecule has 3 heterocycles. The topological polar surface area (TPSA) is 57.6 Å². The largest absolute Gasteiger partial charge is 0.338 e. The number of carbonyl (C=O) groups is 2. The Morgan fingerprint density at radius 2 is 1.94 bits per heavy atom. The minimum absolute atomic E-state index is 0.144. The maximum absolute atomic E-state index is 13.3. The summed E-state index contributed by atoms with van der Waals surface area (Å²) in [6, 6.07) is 15.9. The van der Waals surface area contributed by atoms with Crippen molar-refractivity contribution < 1.29 is 9.59 Å². The lowest BCUT2D eigenvalue weighted by Gasteiger charge is -2.33. The van der Waals surface area contributed by atoms with E-state index < -0.39 is 0 Å². The van der Waals surface area contributed by atoms with E-state index in [-0.39, 0.29) is 24.4 Å². The van der Waals surface area contributed by atoms with Crippen LogP contribution in [0, 0.1) is 0 Å². The minimum Gasteiger partial charge on any atom is -0.338 e. The Hall–Kier alpha value is -3.45. The molecule has 2 aromatic carbocycles. The van der Waals surface area contributed by atoms with Gasteiger partial charge in [-0.1, -0.05) is 43.3 Å². The van der Waals surface area contributed by atoms with Gasteiger partial charge in [0.05, 0.1) is 11.2 Å². The highest BCUT2D eigenvalue weighted by Crippen LogP contribution is 2.29. The molecule has 2 amide bonds. The van der Waals surface area contributed by atoms with Crippen LogP contribution in [0.15, 0.2) is 60.4 Å². The molecule has 6 nitrogen and oxygen atoms in total. The van der Waals surface area contributed by atoms with Crippen LogP contribution in [0.25, 0.3) is 17.0 Å². The number of thiocarbonyl (C=S) groups is 1. The number of para-hydroxylation sites is 2. The van der Waals surface area contributed by atoms with Crippen molar-refractivity contribution in [3.63, 3.8) is 0 Å². The first-order valence-corrected chi connectivity index (χ1v) is 12.7. The molecule has 0 bridgehead atoms. The summed E-state index contributed by atoms with van der Waals surface area (Å²) in [6.45, 7) is 5.37. The first-order valence-electron chi connectivity index (χ1n) is 12.3. The lowest BCUT2D eigenvalue weighted by molar-refractivity contribution is -0.135. The Balaban J connectivity index is 1.52. The van der Waals surface area contributed by atoms with Gasteiger partial charge >= 0.3 is 0 Å². The quantitative estimate of drug-likeness (QED) is 0.413. The molecule has 1 aromatic heterocycles. The summed E-state index contributed by atoms with van der Waals surface area (Å²) in [5, 5.41) is 4.47. The van der Waals surface area contributed by atoms with Crippen LogP contribution in [0.5, 0.6) is 0 Å². The van der Waals surface area contributed by atoms with E-state index in [1.54, 1.807) is 0 Å². The number of aromatic nitrogens is 1. The second kappa shape index (κ2) is 9.66. The molecule has 0 unspecified atom stereocenters. The van der Waals surface area contributed by atoms with Gasteiger partial charge in [-0.25, -0.2) is 0 Å². The van der Waals surface area contributed by atoms with Crippen LogP contribution in [-0.2, 0) is 22.6 Å². The molecule has 5 rings (SSSR count). The number of amides is 2. The van der Waals surface area contributed by atoms with Crippen LogP contribution in [-0.4, -0.2) is 39.0 Å². The number of likely N-dealkylation sites (tertiary alicyclic amines) is 1. The first kappa shape index (κ1) is 23.3. The van der Waals surface area contributed by atoms with Crippen molar-refractivity contribution >= 4 is 51.8 Å². The molecule has 1 atom stereocenters. The predicted molar refractivity (Wildman–Crippen MR) is 144 cm³/mol. The standard InChI is InChI=1S/C28H30N4O2S/c1-3-20-11-9-14-23-21(16-24-27(34)32(28(35)29-24)22-12-5-4-6-13-22)17-30(26(20)23)18-25(33)31-15-8-7-10-19(31)2/h4-6,9,11-14,16-17,19H,3,7-8,10,15,18H2,1-2H3,(H,29,35)/b24-16-/t19-/m0/s1. The molecular formula is C28H30N4O2S. The number of nitrogens with zero attached hydrogens (tertiary/aromatic N) is 3. The number of carbonyl (C=O) groups excluding carboxylic acids is 2. The zero-order chi connectivity index (χ0) is 24.5. The molecule has 0 spiro atoms. The van der Waals surface area contributed by atoms with Crippen molar-refractivity contribution in [2.24, 2.45) is 0 Å². The number of rotatable bonds is 5. The van der Waals surface area contributed by atoms with E-state index in [0.717, 1.165) is 48.0 Å². The summed E-state index contributed by atoms with van der Waals surface area (Å²) in [7, 11) is 0. The maximum Gasteiger partial charge on any atom is 0.281 e. The number of hydrogen-bond donors (Lipinski definition) is 1. The first-order chi connectivity index (χ1) is 17.0. The number of anilines is 1. The molecule has 35 heavy (non-hydrogen) atoms. The highest BCUT2D eigenvalue weighted by atomic mass is 32.1. The third-order valence-electron chi connectivity index (χ3n) is 7.01. The highest BCUT2D eigenvalue weighted by molar-refractivity contribution is 7.80. The summed E-state index contributed by atoms with van der Waals surface area (Å²) in [6.07, 6.45) is 8.00. The Morgan fingerprint density at radius 3 is 2.69 bits per heavy atom. The molecule has 1 N–H and O–H groups in total. The van der Waals surface area contributed by atoms with Gasteiger partial charge in [0.2, 0.25) is 5.91 Å². The van der Waals surface area contributed by atoms with Gasteiger partial charge in [0, 0.05) is 29.7 Å². The van der Waals surface area contributed by atoms with Crippen LogP contribution < -0.4 is 10.2 Å². The highest BCUT2D eigenvalue weighted by Gasteiger charge is 2.32. The van der Waals surface area contributed by atoms with Crippen LogP contribution in [0.3, 0.4) is 0 Å². The Bertz CT molecular complexity index is 1330. The van der Waals surface area contributed by atoms with Gasteiger partial charge in [0.1, 0.15) is 12.2 Å². The lowest BCUT2D eigenvalue weighted by Crippen LogP contribution is -2.43.